The van der Waals surface area contributed by atoms with E-state index in [1.807, 2.05) is 52.0 Å². The van der Waals surface area contributed by atoms with Crippen LogP contribution in [0.25, 0.3) is 22.4 Å². The number of aliphatic hydroxyl groups is 1. The fraction of sp³-hybridized carbons (Fsp3) is 0.125. The molecule has 1 N–H and O–H groups in total. The van der Waals surface area contributed by atoms with Gasteiger partial charge in [-0.15, -0.1) is 0 Å². The normalized spacial score (nSPS) is 11.3. The smallest absolute Gasteiger partial charge is 0.155 e. The number of nitrogens with zero attached hydrogens (tertiary/aromatic N) is 4. The van der Waals surface area contributed by atoms with Crippen LogP contribution in [-0.4, -0.2) is 24.7 Å². The van der Waals surface area contributed by atoms with Gasteiger partial charge in [-0.25, -0.2) is 4.68 Å². The second-order valence-corrected chi connectivity index (χ2v) is 4.98. The van der Waals surface area contributed by atoms with Crippen LogP contribution < -0.4 is 0 Å². The zero-order valence-electron chi connectivity index (χ0n) is 11.8. The van der Waals surface area contributed by atoms with Crippen LogP contribution in [0, 0.1) is 0 Å². The number of furan rings is 1. The maximum atomic E-state index is 9.16. The minimum atomic E-state index is -0.119. The molecule has 0 spiro atoms. The van der Waals surface area contributed by atoms with Crippen molar-refractivity contribution in [3.63, 3.8) is 0 Å². The number of hydrogen-bond acceptors (Lipinski definition) is 4. The van der Waals surface area contributed by atoms with Crippen molar-refractivity contribution < 1.29 is 9.52 Å². The summed E-state index contributed by atoms with van der Waals surface area (Å²) in [6.45, 7) is 0.410. The molecule has 0 aliphatic heterocycles. The molecule has 6 nitrogen and oxygen atoms in total. The van der Waals surface area contributed by atoms with Gasteiger partial charge in [0.1, 0.15) is 24.7 Å². The molecule has 3 aromatic heterocycles. The van der Waals surface area contributed by atoms with Crippen LogP contribution in [0.3, 0.4) is 0 Å². The van der Waals surface area contributed by atoms with E-state index in [-0.39, 0.29) is 6.61 Å². The van der Waals surface area contributed by atoms with Crippen LogP contribution in [0.15, 0.2) is 59.3 Å². The molecule has 4 rings (SSSR count). The summed E-state index contributed by atoms with van der Waals surface area (Å²) in [5, 5.41) is 19.0. The van der Waals surface area contributed by atoms with Crippen molar-refractivity contribution in [3.8, 4) is 11.5 Å². The third-order valence-corrected chi connectivity index (χ3v) is 3.55. The quantitative estimate of drug-likeness (QED) is 0.628. The molecule has 0 saturated heterocycles. The van der Waals surface area contributed by atoms with Crippen molar-refractivity contribution in [2.24, 2.45) is 0 Å². The summed E-state index contributed by atoms with van der Waals surface area (Å²) in [5.41, 5.74) is 1.78. The van der Waals surface area contributed by atoms with E-state index in [4.69, 9.17) is 9.52 Å². The third-order valence-electron chi connectivity index (χ3n) is 3.55. The first-order valence-electron chi connectivity index (χ1n) is 6.98. The van der Waals surface area contributed by atoms with Gasteiger partial charge in [0.2, 0.25) is 0 Å². The van der Waals surface area contributed by atoms with Gasteiger partial charge in [0.05, 0.1) is 5.52 Å². The van der Waals surface area contributed by atoms with Gasteiger partial charge < -0.3 is 9.52 Å². The summed E-state index contributed by atoms with van der Waals surface area (Å²) in [6.07, 6.45) is 3.64. The summed E-state index contributed by atoms with van der Waals surface area (Å²) < 4.78 is 9.32. The molecule has 110 valence electrons. The molecule has 0 aliphatic rings. The molecular formula is C16H14N4O2. The average Bonchev–Trinajstić information content (AvgIpc) is 3.27. The van der Waals surface area contributed by atoms with E-state index in [1.54, 1.807) is 12.3 Å². The number of aliphatic hydroxyl groups excluding tert-OH is 1. The van der Waals surface area contributed by atoms with Crippen molar-refractivity contribution in [3.05, 3.63) is 60.6 Å². The summed E-state index contributed by atoms with van der Waals surface area (Å²) in [4.78, 5) is 0. The van der Waals surface area contributed by atoms with Crippen LogP contribution in [0.1, 0.15) is 5.76 Å². The summed E-state index contributed by atoms with van der Waals surface area (Å²) in [6, 6.07) is 13.5. The molecule has 3 heterocycles. The number of rotatable bonds is 4. The first kappa shape index (κ1) is 12.8. The predicted molar refractivity (Wildman–Crippen MR) is 81.0 cm³/mol. The Morgan fingerprint density at radius 1 is 1.09 bits per heavy atom. The lowest BCUT2D eigenvalue weighted by molar-refractivity contribution is 0.248. The van der Waals surface area contributed by atoms with Crippen molar-refractivity contribution in [2.75, 3.05) is 0 Å². The first-order chi connectivity index (χ1) is 10.8. The van der Waals surface area contributed by atoms with Gasteiger partial charge in [0.25, 0.3) is 0 Å². The van der Waals surface area contributed by atoms with E-state index in [2.05, 4.69) is 10.2 Å². The van der Waals surface area contributed by atoms with E-state index in [0.717, 1.165) is 16.6 Å². The second kappa shape index (κ2) is 5.16. The number of para-hydroxylation sites is 1. The van der Waals surface area contributed by atoms with Gasteiger partial charge in [-0.2, -0.15) is 10.2 Å². The SMILES string of the molecule is OCc1ccc(-c2nn(Cn3cccn3)c3ccccc23)o1. The Morgan fingerprint density at radius 2 is 2.00 bits per heavy atom. The van der Waals surface area contributed by atoms with Crippen molar-refractivity contribution >= 4 is 10.9 Å². The highest BCUT2D eigenvalue weighted by atomic mass is 16.4. The number of aromatic nitrogens is 4. The Labute approximate surface area is 126 Å². The lowest BCUT2D eigenvalue weighted by atomic mass is 10.2. The molecule has 22 heavy (non-hydrogen) atoms. The Morgan fingerprint density at radius 3 is 2.77 bits per heavy atom. The fourth-order valence-corrected chi connectivity index (χ4v) is 2.53. The molecule has 4 aromatic rings. The highest BCUT2D eigenvalue weighted by Crippen LogP contribution is 2.29. The van der Waals surface area contributed by atoms with Gasteiger partial charge in [-0.05, 0) is 24.3 Å². The molecule has 0 aliphatic carbocycles. The zero-order chi connectivity index (χ0) is 14.9. The fourth-order valence-electron chi connectivity index (χ4n) is 2.53. The topological polar surface area (TPSA) is 69.0 Å². The van der Waals surface area contributed by atoms with Gasteiger partial charge in [0, 0.05) is 17.8 Å². The van der Waals surface area contributed by atoms with Crippen LogP contribution >= 0.6 is 0 Å². The minimum Gasteiger partial charge on any atom is -0.457 e. The van der Waals surface area contributed by atoms with Crippen LogP contribution in [-0.2, 0) is 13.3 Å². The van der Waals surface area contributed by atoms with Gasteiger partial charge in [-0.1, -0.05) is 18.2 Å². The molecule has 0 radical (unpaired) electrons. The predicted octanol–water partition coefficient (Wildman–Crippen LogP) is 2.49. The van der Waals surface area contributed by atoms with Crippen molar-refractivity contribution in [1.82, 2.24) is 19.6 Å². The van der Waals surface area contributed by atoms with Crippen LogP contribution in [0.4, 0.5) is 0 Å². The third kappa shape index (κ3) is 2.10. The Balaban J connectivity index is 1.85. The Hall–Kier alpha value is -2.86. The molecule has 0 bridgehead atoms. The van der Waals surface area contributed by atoms with E-state index < -0.39 is 0 Å². The summed E-state index contributed by atoms with van der Waals surface area (Å²) in [7, 11) is 0. The lowest BCUT2D eigenvalue weighted by Gasteiger charge is -2.03. The number of hydrogen-bond donors (Lipinski definition) is 1. The molecule has 0 unspecified atom stereocenters. The zero-order valence-corrected chi connectivity index (χ0v) is 11.8. The van der Waals surface area contributed by atoms with E-state index >= 15 is 0 Å². The van der Waals surface area contributed by atoms with Gasteiger partial charge >= 0.3 is 0 Å². The molecule has 0 fully saturated rings. The highest BCUT2D eigenvalue weighted by Gasteiger charge is 2.15. The molecule has 1 aromatic carbocycles. The average molecular weight is 294 g/mol. The Kier molecular flexibility index (Phi) is 3.01. The standard InChI is InChI=1S/C16H14N4O2/c21-10-12-6-7-15(22-12)16-13-4-1-2-5-14(13)20(18-16)11-19-9-3-8-17-19/h1-9,21H,10-11H2. The second-order valence-electron chi connectivity index (χ2n) is 4.98. The van der Waals surface area contributed by atoms with Gasteiger partial charge in [0.15, 0.2) is 5.76 Å². The van der Waals surface area contributed by atoms with Crippen molar-refractivity contribution in [2.45, 2.75) is 13.3 Å². The van der Waals surface area contributed by atoms with E-state index in [9.17, 15) is 0 Å². The molecule has 0 amide bonds. The Bertz CT molecular complexity index is 905. The molecule has 0 atom stereocenters. The minimum absolute atomic E-state index is 0.119. The largest absolute Gasteiger partial charge is 0.457 e. The summed E-state index contributed by atoms with van der Waals surface area (Å²) >= 11 is 0. The van der Waals surface area contributed by atoms with Crippen LogP contribution in [0.2, 0.25) is 0 Å². The van der Waals surface area contributed by atoms with Crippen LogP contribution in [0.5, 0.6) is 0 Å². The maximum absolute atomic E-state index is 9.16. The monoisotopic (exact) mass is 294 g/mol. The lowest BCUT2D eigenvalue weighted by Crippen LogP contribution is -2.09. The van der Waals surface area contributed by atoms with Crippen molar-refractivity contribution in [1.29, 1.82) is 0 Å². The number of fused-ring (bicyclic) bond motifs is 1. The maximum Gasteiger partial charge on any atom is 0.155 e. The number of benzene rings is 1. The molecule has 0 saturated carbocycles. The highest BCUT2D eigenvalue weighted by molar-refractivity contribution is 5.92. The molecular weight excluding hydrogens is 280 g/mol. The van der Waals surface area contributed by atoms with E-state index in [0.29, 0.717) is 18.2 Å². The van der Waals surface area contributed by atoms with Gasteiger partial charge in [-0.3, -0.25) is 4.68 Å². The van der Waals surface area contributed by atoms with E-state index in [1.165, 1.54) is 0 Å². The summed E-state index contributed by atoms with van der Waals surface area (Å²) in [5.74, 6) is 1.18. The first-order valence-corrected chi connectivity index (χ1v) is 6.98. The molecule has 6 heteroatoms.